The highest BCUT2D eigenvalue weighted by molar-refractivity contribution is 5.95. The summed E-state index contributed by atoms with van der Waals surface area (Å²) in [6, 6.07) is 72.4. The largest absolute Gasteiger partial charge is 0.265 e. The van der Waals surface area contributed by atoms with E-state index in [4.69, 9.17) is 29.9 Å². The first-order valence-corrected chi connectivity index (χ1v) is 21.1. The van der Waals surface area contributed by atoms with Crippen molar-refractivity contribution >= 4 is 10.8 Å². The van der Waals surface area contributed by atoms with Crippen molar-refractivity contribution < 1.29 is 0 Å². The molecule has 300 valence electrons. The molecule has 3 heterocycles. The Hall–Kier alpha value is -8.81. The molecule has 7 heteroatoms. The minimum absolute atomic E-state index is 0.602. The molecule has 8 aromatic carbocycles. The Kier molecular flexibility index (Phi) is 10.1. The third-order valence-corrected chi connectivity index (χ3v) is 11.3. The zero-order valence-electron chi connectivity index (χ0n) is 34.5. The summed E-state index contributed by atoms with van der Waals surface area (Å²) in [5.41, 5.74) is 11.8. The number of benzene rings is 8. The van der Waals surface area contributed by atoms with Gasteiger partial charge >= 0.3 is 0 Å². The zero-order valence-corrected chi connectivity index (χ0v) is 34.5. The molecule has 64 heavy (non-hydrogen) atoms. The molecule has 0 aliphatic rings. The summed E-state index contributed by atoms with van der Waals surface area (Å²) in [6.45, 7) is 0. The van der Waals surface area contributed by atoms with Gasteiger partial charge in [0.1, 0.15) is 0 Å². The van der Waals surface area contributed by atoms with Crippen molar-refractivity contribution in [1.29, 1.82) is 0 Å². The van der Waals surface area contributed by atoms with Crippen LogP contribution < -0.4 is 0 Å². The lowest BCUT2D eigenvalue weighted by Crippen LogP contribution is -2.00. The highest BCUT2D eigenvalue weighted by Crippen LogP contribution is 2.38. The van der Waals surface area contributed by atoms with Gasteiger partial charge < -0.3 is 0 Å². The number of hydrogen-bond donors (Lipinski definition) is 0. The summed E-state index contributed by atoms with van der Waals surface area (Å²) in [4.78, 5) is 34.5. The molecule has 3 aromatic heterocycles. The molecule has 0 N–H and O–H groups in total. The summed E-state index contributed by atoms with van der Waals surface area (Å²) >= 11 is 0. The fourth-order valence-corrected chi connectivity index (χ4v) is 8.11. The number of nitrogens with zero attached hydrogens (tertiary/aromatic N) is 7. The molecular weight excluding hydrogens is 783 g/mol. The van der Waals surface area contributed by atoms with E-state index in [-0.39, 0.29) is 0 Å². The Morgan fingerprint density at radius 3 is 1.23 bits per heavy atom. The van der Waals surface area contributed by atoms with Crippen LogP contribution in [0.1, 0.15) is 0 Å². The van der Waals surface area contributed by atoms with Crippen LogP contribution in [0.5, 0.6) is 0 Å². The van der Waals surface area contributed by atoms with E-state index in [0.717, 1.165) is 77.5 Å². The molecule has 0 spiro atoms. The topological polar surface area (TPSA) is 90.2 Å². The first-order chi connectivity index (χ1) is 31.7. The second kappa shape index (κ2) is 16.9. The van der Waals surface area contributed by atoms with Gasteiger partial charge in [-0.3, -0.25) is 4.98 Å². The first kappa shape index (κ1) is 38.1. The summed E-state index contributed by atoms with van der Waals surface area (Å²) < 4.78 is 0. The smallest absolute Gasteiger partial charge is 0.164 e. The molecule has 0 amide bonds. The second-order valence-electron chi connectivity index (χ2n) is 15.4. The maximum Gasteiger partial charge on any atom is 0.164 e. The van der Waals surface area contributed by atoms with Gasteiger partial charge in [0.05, 0.1) is 0 Å². The lowest BCUT2D eigenvalue weighted by molar-refractivity contribution is 1.07. The number of hydrogen-bond acceptors (Lipinski definition) is 7. The molecule has 0 aliphatic heterocycles. The molecule has 7 nitrogen and oxygen atoms in total. The third-order valence-electron chi connectivity index (χ3n) is 11.3. The van der Waals surface area contributed by atoms with Gasteiger partial charge in [0.15, 0.2) is 34.9 Å². The Bertz CT molecular complexity index is 3370. The van der Waals surface area contributed by atoms with Crippen molar-refractivity contribution in [3.63, 3.8) is 0 Å². The number of rotatable bonds is 9. The lowest BCUT2D eigenvalue weighted by Gasteiger charge is -2.15. The Morgan fingerprint density at radius 1 is 0.219 bits per heavy atom. The van der Waals surface area contributed by atoms with E-state index in [9.17, 15) is 0 Å². The van der Waals surface area contributed by atoms with Crippen molar-refractivity contribution in [1.82, 2.24) is 34.9 Å². The minimum Gasteiger partial charge on any atom is -0.265 e. The van der Waals surface area contributed by atoms with Crippen molar-refractivity contribution in [2.75, 3.05) is 0 Å². The lowest BCUT2D eigenvalue weighted by atomic mass is 9.90. The molecule has 11 rings (SSSR count). The maximum atomic E-state index is 5.14. The van der Waals surface area contributed by atoms with Crippen LogP contribution >= 0.6 is 0 Å². The highest BCUT2D eigenvalue weighted by atomic mass is 15.0. The van der Waals surface area contributed by atoms with Crippen molar-refractivity contribution in [2.45, 2.75) is 0 Å². The van der Waals surface area contributed by atoms with Crippen LogP contribution in [0.15, 0.2) is 225 Å². The molecule has 0 unspecified atom stereocenters. The van der Waals surface area contributed by atoms with Crippen LogP contribution in [0.3, 0.4) is 0 Å². The average Bonchev–Trinajstić information content (AvgIpc) is 3.39. The van der Waals surface area contributed by atoms with E-state index in [1.54, 1.807) is 0 Å². The number of fused-ring (bicyclic) bond motifs is 1. The molecule has 0 atom stereocenters. The van der Waals surface area contributed by atoms with Crippen molar-refractivity contribution in [3.05, 3.63) is 225 Å². The predicted octanol–water partition coefficient (Wildman–Crippen LogP) is 13.6. The van der Waals surface area contributed by atoms with Crippen LogP contribution in [-0.2, 0) is 0 Å². The van der Waals surface area contributed by atoms with E-state index < -0.39 is 0 Å². The van der Waals surface area contributed by atoms with Gasteiger partial charge in [-0.25, -0.2) is 29.9 Å². The van der Waals surface area contributed by atoms with Gasteiger partial charge in [-0.05, 0) is 74.5 Å². The van der Waals surface area contributed by atoms with Gasteiger partial charge in [-0.15, -0.1) is 0 Å². The predicted molar refractivity (Wildman–Crippen MR) is 257 cm³/mol. The Labute approximate surface area is 370 Å². The van der Waals surface area contributed by atoms with Crippen molar-refractivity contribution in [2.24, 2.45) is 0 Å². The Morgan fingerprint density at radius 2 is 0.641 bits per heavy atom. The fourth-order valence-electron chi connectivity index (χ4n) is 8.11. The SMILES string of the molecule is c1ccc(-c2nc(-c3ccccc3)nc(-c3cccc(-c4ccc(-c5cccc(-c6nc(-c7ccccc7)nc(-c7cccc8ccccc78)n6)c5)cc4-c4ccncc4)c3)n2)cc1. The zero-order chi connectivity index (χ0) is 42.7. The summed E-state index contributed by atoms with van der Waals surface area (Å²) in [5, 5.41) is 2.22. The molecule has 0 fully saturated rings. The van der Waals surface area contributed by atoms with E-state index in [1.807, 2.05) is 103 Å². The van der Waals surface area contributed by atoms with E-state index in [0.29, 0.717) is 34.9 Å². The van der Waals surface area contributed by atoms with Gasteiger partial charge in [-0.1, -0.05) is 182 Å². The molecule has 0 saturated carbocycles. The number of pyridine rings is 1. The van der Waals surface area contributed by atoms with Crippen molar-refractivity contribution in [3.8, 4) is 102 Å². The number of aromatic nitrogens is 7. The van der Waals surface area contributed by atoms with Crippen LogP contribution in [0.25, 0.3) is 112 Å². The van der Waals surface area contributed by atoms with Gasteiger partial charge in [0.2, 0.25) is 0 Å². The van der Waals surface area contributed by atoms with Crippen LogP contribution in [0, 0.1) is 0 Å². The average molecular weight is 820 g/mol. The summed E-state index contributed by atoms with van der Waals surface area (Å²) in [5.74, 6) is 3.70. The van der Waals surface area contributed by atoms with Crippen LogP contribution in [0.2, 0.25) is 0 Å². The quantitative estimate of drug-likeness (QED) is 0.143. The van der Waals surface area contributed by atoms with Gasteiger partial charge in [0.25, 0.3) is 0 Å². The fraction of sp³-hybridized carbons (Fsp3) is 0. The molecule has 11 aromatic rings. The minimum atomic E-state index is 0.602. The first-order valence-electron chi connectivity index (χ1n) is 21.1. The normalized spacial score (nSPS) is 11.1. The maximum absolute atomic E-state index is 5.14. The highest BCUT2D eigenvalue weighted by Gasteiger charge is 2.18. The summed E-state index contributed by atoms with van der Waals surface area (Å²) in [7, 11) is 0. The van der Waals surface area contributed by atoms with Gasteiger partial charge in [0, 0.05) is 45.8 Å². The molecule has 0 radical (unpaired) electrons. The summed E-state index contributed by atoms with van der Waals surface area (Å²) in [6.07, 6.45) is 3.67. The molecule has 0 aliphatic carbocycles. The van der Waals surface area contributed by atoms with E-state index in [2.05, 4.69) is 126 Å². The monoisotopic (exact) mass is 819 g/mol. The third kappa shape index (κ3) is 7.70. The molecule has 0 saturated heterocycles. The van der Waals surface area contributed by atoms with E-state index >= 15 is 0 Å². The standard InChI is InChI=1S/C57H37N7/c1-4-16-40(17-5-1)52-59-53(41-18-6-2-7-19-41)61-55(60-52)47-26-13-24-45(36-47)49-30-29-44(37-51(49)39-31-33-58-34-32-39)43-23-12-25-46(35-43)56-62-54(42-20-8-3-9-21-42)63-57(64-56)50-28-14-22-38-15-10-11-27-48(38)50/h1-37H. The van der Waals surface area contributed by atoms with Crippen LogP contribution in [-0.4, -0.2) is 34.9 Å². The Balaban J connectivity index is 1.01. The van der Waals surface area contributed by atoms with E-state index in [1.165, 1.54) is 0 Å². The van der Waals surface area contributed by atoms with Crippen LogP contribution in [0.4, 0.5) is 0 Å². The van der Waals surface area contributed by atoms with Gasteiger partial charge in [-0.2, -0.15) is 0 Å². The molecular formula is C57H37N7. The molecule has 0 bridgehead atoms. The second-order valence-corrected chi connectivity index (χ2v) is 15.4.